The van der Waals surface area contributed by atoms with Crippen LogP contribution in [0, 0.1) is 0 Å². The Labute approximate surface area is 154 Å². The van der Waals surface area contributed by atoms with Crippen molar-refractivity contribution in [2.75, 3.05) is 26.3 Å². The molecule has 1 aliphatic rings. The van der Waals surface area contributed by atoms with Gasteiger partial charge in [0.2, 0.25) is 5.91 Å². The topological polar surface area (TPSA) is 79.3 Å². The van der Waals surface area contributed by atoms with Crippen LogP contribution in [0.3, 0.4) is 0 Å². The lowest BCUT2D eigenvalue weighted by Crippen LogP contribution is -2.56. The van der Waals surface area contributed by atoms with Crippen LogP contribution in [0.2, 0.25) is 0 Å². The lowest BCUT2D eigenvalue weighted by atomic mass is 10.1. The third-order valence-corrected chi connectivity index (χ3v) is 4.44. The molecule has 1 aromatic rings. The standard InChI is InChI=1S/C19H28N2O5/c1-4-14(3)20-11-10-18(23)21(19(20)24)12-15(22)13-26-17-8-6-16(7-9-17)25-5-2/h6-9,14-15,22H,4-5,10-13H2,1-3H3/t14-,15+/m1/s1. The Morgan fingerprint density at radius 2 is 1.73 bits per heavy atom. The molecule has 0 bridgehead atoms. The minimum atomic E-state index is -0.952. The Kier molecular flexibility index (Phi) is 7.26. The Balaban J connectivity index is 1.88. The number of imide groups is 1. The van der Waals surface area contributed by atoms with E-state index in [9.17, 15) is 14.7 Å². The number of urea groups is 1. The number of aliphatic hydroxyl groups is 1. The lowest BCUT2D eigenvalue weighted by molar-refractivity contribution is -0.132. The number of nitrogens with zero attached hydrogens (tertiary/aromatic N) is 2. The fraction of sp³-hybridized carbons (Fsp3) is 0.579. The fourth-order valence-electron chi connectivity index (χ4n) is 2.77. The van der Waals surface area contributed by atoms with Crippen LogP contribution in [-0.2, 0) is 4.79 Å². The SMILES string of the molecule is CCOc1ccc(OC[C@@H](O)CN2C(=O)CCN([C@H](C)CC)C2=O)cc1. The second-order valence-electron chi connectivity index (χ2n) is 6.36. The fourth-order valence-corrected chi connectivity index (χ4v) is 2.77. The highest BCUT2D eigenvalue weighted by Crippen LogP contribution is 2.19. The number of amides is 3. The van der Waals surface area contributed by atoms with E-state index in [4.69, 9.17) is 9.47 Å². The number of carbonyl (C=O) groups is 2. The summed E-state index contributed by atoms with van der Waals surface area (Å²) in [6.45, 7) is 6.81. The van der Waals surface area contributed by atoms with Crippen molar-refractivity contribution in [1.82, 2.24) is 9.80 Å². The molecular weight excluding hydrogens is 336 g/mol. The molecule has 0 aliphatic carbocycles. The van der Waals surface area contributed by atoms with Crippen LogP contribution in [0.25, 0.3) is 0 Å². The maximum absolute atomic E-state index is 12.5. The molecular formula is C19H28N2O5. The van der Waals surface area contributed by atoms with Crippen LogP contribution in [-0.4, -0.2) is 65.3 Å². The van der Waals surface area contributed by atoms with Crippen molar-refractivity contribution in [2.24, 2.45) is 0 Å². The van der Waals surface area contributed by atoms with Gasteiger partial charge in [0.25, 0.3) is 0 Å². The van der Waals surface area contributed by atoms with E-state index in [0.29, 0.717) is 18.9 Å². The van der Waals surface area contributed by atoms with E-state index in [-0.39, 0.29) is 37.6 Å². The van der Waals surface area contributed by atoms with E-state index < -0.39 is 6.10 Å². The second kappa shape index (κ2) is 9.43. The van der Waals surface area contributed by atoms with Gasteiger partial charge in [-0.3, -0.25) is 9.69 Å². The van der Waals surface area contributed by atoms with Gasteiger partial charge in [-0.15, -0.1) is 0 Å². The number of benzene rings is 1. The van der Waals surface area contributed by atoms with Gasteiger partial charge in [-0.2, -0.15) is 0 Å². The molecule has 3 amide bonds. The number of hydrogen-bond donors (Lipinski definition) is 1. The van der Waals surface area contributed by atoms with Crippen LogP contribution >= 0.6 is 0 Å². The van der Waals surface area contributed by atoms with Gasteiger partial charge in [-0.25, -0.2) is 4.79 Å². The molecule has 26 heavy (non-hydrogen) atoms. The van der Waals surface area contributed by atoms with Crippen LogP contribution < -0.4 is 9.47 Å². The van der Waals surface area contributed by atoms with E-state index in [2.05, 4.69) is 0 Å². The summed E-state index contributed by atoms with van der Waals surface area (Å²) >= 11 is 0. The van der Waals surface area contributed by atoms with Gasteiger partial charge in [-0.05, 0) is 44.5 Å². The molecule has 1 N–H and O–H groups in total. The Morgan fingerprint density at radius 1 is 1.12 bits per heavy atom. The van der Waals surface area contributed by atoms with Gasteiger partial charge in [0.05, 0.1) is 13.2 Å². The molecule has 1 heterocycles. The molecule has 144 valence electrons. The molecule has 0 spiro atoms. The Hall–Kier alpha value is -2.28. The van der Waals surface area contributed by atoms with Gasteiger partial charge in [0.1, 0.15) is 24.2 Å². The third-order valence-electron chi connectivity index (χ3n) is 4.44. The first-order valence-electron chi connectivity index (χ1n) is 9.10. The van der Waals surface area contributed by atoms with E-state index >= 15 is 0 Å². The highest BCUT2D eigenvalue weighted by molar-refractivity contribution is 5.97. The van der Waals surface area contributed by atoms with Crippen LogP contribution in [0.5, 0.6) is 11.5 Å². The molecule has 2 rings (SSSR count). The molecule has 0 radical (unpaired) electrons. The highest BCUT2D eigenvalue weighted by atomic mass is 16.5. The van der Waals surface area contributed by atoms with Crippen LogP contribution in [0.4, 0.5) is 4.79 Å². The van der Waals surface area contributed by atoms with Crippen molar-refractivity contribution in [3.8, 4) is 11.5 Å². The molecule has 7 heteroatoms. The number of aliphatic hydroxyl groups excluding tert-OH is 1. The summed E-state index contributed by atoms with van der Waals surface area (Å²) in [4.78, 5) is 27.4. The van der Waals surface area contributed by atoms with Gasteiger partial charge < -0.3 is 19.5 Å². The van der Waals surface area contributed by atoms with E-state index in [1.807, 2.05) is 20.8 Å². The first-order chi connectivity index (χ1) is 12.5. The molecule has 1 saturated heterocycles. The zero-order chi connectivity index (χ0) is 19.1. The van der Waals surface area contributed by atoms with Crippen molar-refractivity contribution in [3.63, 3.8) is 0 Å². The van der Waals surface area contributed by atoms with E-state index in [1.54, 1.807) is 29.2 Å². The predicted octanol–water partition coefficient (Wildman–Crippen LogP) is 2.28. The van der Waals surface area contributed by atoms with Crippen molar-refractivity contribution in [1.29, 1.82) is 0 Å². The van der Waals surface area contributed by atoms with Crippen molar-refractivity contribution in [3.05, 3.63) is 24.3 Å². The number of carbonyl (C=O) groups excluding carboxylic acids is 2. The molecule has 0 aromatic heterocycles. The highest BCUT2D eigenvalue weighted by Gasteiger charge is 2.35. The zero-order valence-corrected chi connectivity index (χ0v) is 15.7. The van der Waals surface area contributed by atoms with Gasteiger partial charge in [0, 0.05) is 19.0 Å². The first-order valence-corrected chi connectivity index (χ1v) is 9.10. The lowest BCUT2D eigenvalue weighted by Gasteiger charge is -2.38. The number of rotatable bonds is 9. The number of β-amino-alcohol motifs (C(OH)–C–C–N with tert-alkyl or cyclic N) is 1. The Morgan fingerprint density at radius 3 is 2.31 bits per heavy atom. The number of ether oxygens (including phenoxy) is 2. The maximum atomic E-state index is 12.5. The van der Waals surface area contributed by atoms with Crippen LogP contribution in [0.15, 0.2) is 24.3 Å². The summed E-state index contributed by atoms with van der Waals surface area (Å²) in [7, 11) is 0. The predicted molar refractivity (Wildman–Crippen MR) is 97.3 cm³/mol. The minimum Gasteiger partial charge on any atom is -0.494 e. The van der Waals surface area contributed by atoms with Crippen LogP contribution in [0.1, 0.15) is 33.6 Å². The summed E-state index contributed by atoms with van der Waals surface area (Å²) in [6.07, 6.45) is 0.144. The number of hydrogen-bond acceptors (Lipinski definition) is 5. The summed E-state index contributed by atoms with van der Waals surface area (Å²) in [5.74, 6) is 1.08. The van der Waals surface area contributed by atoms with Crippen molar-refractivity contribution < 1.29 is 24.2 Å². The molecule has 1 fully saturated rings. The molecule has 0 unspecified atom stereocenters. The van der Waals surface area contributed by atoms with Gasteiger partial charge >= 0.3 is 6.03 Å². The molecule has 1 aliphatic heterocycles. The first kappa shape index (κ1) is 20.0. The minimum absolute atomic E-state index is 0.00558. The second-order valence-corrected chi connectivity index (χ2v) is 6.36. The normalized spacial score (nSPS) is 17.2. The molecule has 0 saturated carbocycles. The summed E-state index contributed by atoms with van der Waals surface area (Å²) in [5, 5.41) is 10.2. The molecule has 1 aromatic carbocycles. The van der Waals surface area contributed by atoms with Gasteiger partial charge in [0.15, 0.2) is 0 Å². The zero-order valence-electron chi connectivity index (χ0n) is 15.7. The Bertz CT molecular complexity index is 604. The van der Waals surface area contributed by atoms with Crippen molar-refractivity contribution in [2.45, 2.75) is 45.8 Å². The maximum Gasteiger partial charge on any atom is 0.327 e. The smallest absolute Gasteiger partial charge is 0.327 e. The summed E-state index contributed by atoms with van der Waals surface area (Å²) < 4.78 is 10.9. The average Bonchev–Trinajstić information content (AvgIpc) is 2.64. The van der Waals surface area contributed by atoms with E-state index in [0.717, 1.165) is 17.1 Å². The van der Waals surface area contributed by atoms with Crippen molar-refractivity contribution >= 4 is 11.9 Å². The molecule has 2 atom stereocenters. The average molecular weight is 364 g/mol. The quantitative estimate of drug-likeness (QED) is 0.727. The van der Waals surface area contributed by atoms with E-state index in [1.165, 1.54) is 0 Å². The monoisotopic (exact) mass is 364 g/mol. The molecule has 7 nitrogen and oxygen atoms in total. The summed E-state index contributed by atoms with van der Waals surface area (Å²) in [6, 6.07) is 6.80. The summed E-state index contributed by atoms with van der Waals surface area (Å²) in [5.41, 5.74) is 0. The van der Waals surface area contributed by atoms with Gasteiger partial charge in [-0.1, -0.05) is 6.92 Å². The largest absolute Gasteiger partial charge is 0.494 e. The third kappa shape index (κ3) is 5.11.